The summed E-state index contributed by atoms with van der Waals surface area (Å²) in [6.07, 6.45) is 4.99. The number of hydrogen-bond donors (Lipinski definition) is 1. The molecule has 0 fully saturated rings. The van der Waals surface area contributed by atoms with Crippen molar-refractivity contribution in [3.63, 3.8) is 0 Å². The number of fused-ring (bicyclic) bond motifs is 3. The molecule has 0 amide bonds. The number of hydrogen-bond acceptors (Lipinski definition) is 6. The molecule has 0 aromatic heterocycles. The molecule has 0 radical (unpaired) electrons. The number of methoxy groups -OCH3 is 3. The van der Waals surface area contributed by atoms with Gasteiger partial charge in [-0.05, 0) is 52.0 Å². The normalized spacial score (nSPS) is 21.7. The Bertz CT molecular complexity index is 1010. The predicted molar refractivity (Wildman–Crippen MR) is 113 cm³/mol. The van der Waals surface area contributed by atoms with Crippen LogP contribution >= 0.6 is 15.9 Å². The van der Waals surface area contributed by atoms with Crippen LogP contribution in [0.4, 0.5) is 11.4 Å². The maximum absolute atomic E-state index is 11.7. The summed E-state index contributed by atoms with van der Waals surface area (Å²) in [6, 6.07) is 7.05. The number of anilines is 1. The molecule has 8 heteroatoms. The Morgan fingerprint density at radius 1 is 1.14 bits per heavy atom. The number of allylic oxidation sites excluding steroid dienone is 2. The van der Waals surface area contributed by atoms with Crippen molar-refractivity contribution in [1.29, 1.82) is 0 Å². The van der Waals surface area contributed by atoms with Crippen LogP contribution < -0.4 is 19.5 Å². The van der Waals surface area contributed by atoms with E-state index in [2.05, 4.69) is 33.4 Å². The first-order chi connectivity index (χ1) is 14.0. The molecule has 0 saturated heterocycles. The zero-order chi connectivity index (χ0) is 20.7. The van der Waals surface area contributed by atoms with Crippen molar-refractivity contribution in [2.45, 2.75) is 18.4 Å². The number of nitro groups is 1. The molecule has 0 saturated carbocycles. The first-order valence-corrected chi connectivity index (χ1v) is 9.99. The fraction of sp³-hybridized carbons (Fsp3) is 0.333. The van der Waals surface area contributed by atoms with E-state index in [1.54, 1.807) is 27.4 Å². The van der Waals surface area contributed by atoms with E-state index in [0.717, 1.165) is 16.5 Å². The maximum Gasteiger partial charge on any atom is 0.275 e. The molecule has 1 aliphatic heterocycles. The summed E-state index contributed by atoms with van der Waals surface area (Å²) < 4.78 is 17.3. The van der Waals surface area contributed by atoms with E-state index >= 15 is 0 Å². The van der Waals surface area contributed by atoms with Gasteiger partial charge in [-0.1, -0.05) is 12.2 Å². The Balaban J connectivity index is 1.88. The zero-order valence-corrected chi connectivity index (χ0v) is 17.9. The van der Waals surface area contributed by atoms with Crippen molar-refractivity contribution < 1.29 is 19.1 Å². The second-order valence-electron chi connectivity index (χ2n) is 7.05. The van der Waals surface area contributed by atoms with Gasteiger partial charge < -0.3 is 19.5 Å². The number of rotatable bonds is 5. The number of halogens is 1. The lowest BCUT2D eigenvalue weighted by Crippen LogP contribution is -2.30. The third kappa shape index (κ3) is 3.11. The number of nitrogens with zero attached hydrogens (tertiary/aromatic N) is 1. The van der Waals surface area contributed by atoms with Crippen LogP contribution in [0.3, 0.4) is 0 Å². The Morgan fingerprint density at radius 3 is 2.55 bits per heavy atom. The van der Waals surface area contributed by atoms with E-state index in [0.29, 0.717) is 28.5 Å². The zero-order valence-electron chi connectivity index (χ0n) is 16.3. The Morgan fingerprint density at radius 2 is 1.90 bits per heavy atom. The van der Waals surface area contributed by atoms with E-state index in [-0.39, 0.29) is 28.5 Å². The SMILES string of the molecule is COc1ccc([N+](=O)[O-])c2c1NC(c1cc(Br)c(OC)c(OC)c1)C1CC=CC21. The lowest BCUT2D eigenvalue weighted by atomic mass is 9.76. The van der Waals surface area contributed by atoms with E-state index < -0.39 is 0 Å². The van der Waals surface area contributed by atoms with Gasteiger partial charge in [0.2, 0.25) is 0 Å². The minimum Gasteiger partial charge on any atom is -0.495 e. The molecule has 29 heavy (non-hydrogen) atoms. The smallest absolute Gasteiger partial charge is 0.275 e. The highest BCUT2D eigenvalue weighted by Crippen LogP contribution is 2.55. The third-order valence-corrected chi connectivity index (χ3v) is 6.28. The molecule has 2 aliphatic rings. The molecule has 2 aromatic carbocycles. The molecule has 3 atom stereocenters. The highest BCUT2D eigenvalue weighted by Gasteiger charge is 2.43. The van der Waals surface area contributed by atoms with E-state index in [1.807, 2.05) is 12.1 Å². The lowest BCUT2D eigenvalue weighted by Gasteiger charge is -2.38. The van der Waals surface area contributed by atoms with Gasteiger partial charge in [0, 0.05) is 12.0 Å². The van der Waals surface area contributed by atoms with Crippen LogP contribution in [0.5, 0.6) is 17.2 Å². The lowest BCUT2D eigenvalue weighted by molar-refractivity contribution is -0.385. The van der Waals surface area contributed by atoms with Gasteiger partial charge in [-0.25, -0.2) is 0 Å². The molecule has 4 rings (SSSR count). The molecule has 0 bridgehead atoms. The number of benzene rings is 2. The van der Waals surface area contributed by atoms with Crippen LogP contribution in [0.15, 0.2) is 40.9 Å². The fourth-order valence-electron chi connectivity index (χ4n) is 4.44. The first kappa shape index (κ1) is 19.6. The molecular weight excluding hydrogens is 440 g/mol. The van der Waals surface area contributed by atoms with Crippen LogP contribution in [0.1, 0.15) is 29.5 Å². The monoisotopic (exact) mass is 460 g/mol. The van der Waals surface area contributed by atoms with Crippen molar-refractivity contribution in [1.82, 2.24) is 0 Å². The van der Waals surface area contributed by atoms with E-state index in [9.17, 15) is 10.1 Å². The van der Waals surface area contributed by atoms with Crippen LogP contribution in [0.2, 0.25) is 0 Å². The fourth-order valence-corrected chi connectivity index (χ4v) is 5.06. The summed E-state index contributed by atoms with van der Waals surface area (Å²) in [4.78, 5) is 11.4. The van der Waals surface area contributed by atoms with Crippen molar-refractivity contribution in [3.8, 4) is 17.2 Å². The summed E-state index contributed by atoms with van der Waals surface area (Å²) in [5, 5.41) is 15.2. The van der Waals surface area contributed by atoms with Crippen LogP contribution in [-0.2, 0) is 0 Å². The van der Waals surface area contributed by atoms with Gasteiger partial charge >= 0.3 is 0 Å². The summed E-state index contributed by atoms with van der Waals surface area (Å²) in [5.41, 5.74) is 2.48. The van der Waals surface area contributed by atoms with Crippen molar-refractivity contribution in [2.24, 2.45) is 5.92 Å². The highest BCUT2D eigenvalue weighted by molar-refractivity contribution is 9.10. The average molecular weight is 461 g/mol. The van der Waals surface area contributed by atoms with Gasteiger partial charge in [-0.2, -0.15) is 0 Å². The van der Waals surface area contributed by atoms with Gasteiger partial charge in [0.15, 0.2) is 11.5 Å². The van der Waals surface area contributed by atoms with Crippen molar-refractivity contribution in [2.75, 3.05) is 26.6 Å². The van der Waals surface area contributed by atoms with Gasteiger partial charge in [0.05, 0.1) is 48.0 Å². The van der Waals surface area contributed by atoms with Crippen molar-refractivity contribution in [3.05, 3.63) is 62.1 Å². The summed E-state index contributed by atoms with van der Waals surface area (Å²) in [7, 11) is 4.77. The largest absolute Gasteiger partial charge is 0.495 e. The summed E-state index contributed by atoms with van der Waals surface area (Å²) in [6.45, 7) is 0. The Labute approximate surface area is 176 Å². The van der Waals surface area contributed by atoms with Gasteiger partial charge in [0.1, 0.15) is 5.75 Å². The first-order valence-electron chi connectivity index (χ1n) is 9.20. The molecule has 1 heterocycles. The molecule has 7 nitrogen and oxygen atoms in total. The average Bonchev–Trinajstić information content (AvgIpc) is 3.21. The molecular formula is C21H21BrN2O5. The van der Waals surface area contributed by atoms with E-state index in [1.165, 1.54) is 6.07 Å². The van der Waals surface area contributed by atoms with Crippen LogP contribution in [0, 0.1) is 16.0 Å². The van der Waals surface area contributed by atoms with Crippen LogP contribution in [0.25, 0.3) is 0 Å². The second-order valence-corrected chi connectivity index (χ2v) is 7.90. The molecule has 1 aliphatic carbocycles. The number of nitro benzene ring substituents is 1. The predicted octanol–water partition coefficient (Wildman–Crippen LogP) is 5.21. The van der Waals surface area contributed by atoms with Crippen LogP contribution in [-0.4, -0.2) is 26.3 Å². The third-order valence-electron chi connectivity index (χ3n) is 5.69. The summed E-state index contributed by atoms with van der Waals surface area (Å²) in [5.74, 6) is 1.91. The van der Waals surface area contributed by atoms with Gasteiger partial charge in [0.25, 0.3) is 5.69 Å². The van der Waals surface area contributed by atoms with Gasteiger partial charge in [-0.3, -0.25) is 10.1 Å². The Hall–Kier alpha value is -2.74. The summed E-state index contributed by atoms with van der Waals surface area (Å²) >= 11 is 3.57. The standard InChI is InChI=1S/C21H21BrN2O5/c1-27-16-8-7-15(24(25)26)18-12-5-4-6-13(12)19(23-20(16)18)11-9-14(22)21(29-3)17(10-11)28-2/h4-5,7-10,12-13,19,23H,6H2,1-3H3. The maximum atomic E-state index is 11.7. The minimum atomic E-state index is -0.323. The molecule has 152 valence electrons. The number of ether oxygens (including phenoxy) is 3. The van der Waals surface area contributed by atoms with E-state index in [4.69, 9.17) is 14.2 Å². The molecule has 2 aromatic rings. The van der Waals surface area contributed by atoms with Crippen molar-refractivity contribution >= 4 is 27.3 Å². The quantitative estimate of drug-likeness (QED) is 0.374. The number of nitrogens with one attached hydrogen (secondary N) is 1. The topological polar surface area (TPSA) is 82.9 Å². The second kappa shape index (κ2) is 7.59. The highest BCUT2D eigenvalue weighted by atomic mass is 79.9. The van der Waals surface area contributed by atoms with Gasteiger partial charge in [-0.15, -0.1) is 0 Å². The molecule has 3 unspecified atom stereocenters. The molecule has 1 N–H and O–H groups in total. The minimum absolute atomic E-state index is 0.0707. The Kier molecular flexibility index (Phi) is 5.12. The molecule has 0 spiro atoms.